The molecule has 0 atom stereocenters. The van der Waals surface area contributed by atoms with Gasteiger partial charge in [0.05, 0.1) is 11.9 Å². The minimum atomic E-state index is 0.126. The largest absolute Gasteiger partial charge is 0.493 e. The van der Waals surface area contributed by atoms with Crippen molar-refractivity contribution in [3.63, 3.8) is 0 Å². The van der Waals surface area contributed by atoms with E-state index in [0.29, 0.717) is 17.0 Å². The Morgan fingerprint density at radius 2 is 1.65 bits per heavy atom. The third kappa shape index (κ3) is 2.96. The van der Waals surface area contributed by atoms with Crippen LogP contribution in [-0.4, -0.2) is 20.5 Å². The Hall–Kier alpha value is -2.66. The molecular weight excluding hydrogens is 306 g/mol. The van der Waals surface area contributed by atoms with Gasteiger partial charge < -0.3 is 5.11 Å². The molecule has 0 bridgehead atoms. The summed E-state index contributed by atoms with van der Waals surface area (Å²) in [7, 11) is 0. The molecule has 0 aliphatic carbocycles. The van der Waals surface area contributed by atoms with E-state index < -0.39 is 0 Å². The first-order valence-electron chi connectivity index (χ1n) is 7.41. The van der Waals surface area contributed by atoms with Crippen molar-refractivity contribution in [2.75, 3.05) is 0 Å². The van der Waals surface area contributed by atoms with Gasteiger partial charge >= 0.3 is 0 Å². The van der Waals surface area contributed by atoms with Gasteiger partial charge in [-0.1, -0.05) is 36.4 Å². The minimum Gasteiger partial charge on any atom is -0.493 e. The van der Waals surface area contributed by atoms with Crippen LogP contribution in [0.1, 0.15) is 12.6 Å². The number of aromatic nitrogens is 2. The number of aromatic hydroxyl groups is 1. The average Bonchev–Trinajstić information content (AvgIpc) is 2.84. The summed E-state index contributed by atoms with van der Waals surface area (Å²) in [4.78, 5) is 4.45. The second-order valence-corrected chi connectivity index (χ2v) is 5.37. The Balaban J connectivity index is 2.16. The predicted molar refractivity (Wildman–Crippen MR) is 95.6 cm³/mol. The molecule has 1 N–H and O–H groups in total. The summed E-state index contributed by atoms with van der Waals surface area (Å²) in [6.45, 7) is 2.54. The number of hydrogen-bond donors (Lipinski definition) is 1. The molecule has 0 saturated carbocycles. The maximum absolute atomic E-state index is 10.5. The summed E-state index contributed by atoms with van der Waals surface area (Å²) in [6.07, 6.45) is 1.65. The van der Waals surface area contributed by atoms with Crippen molar-refractivity contribution in [2.45, 2.75) is 13.5 Å². The van der Waals surface area contributed by atoms with Crippen molar-refractivity contribution in [1.29, 1.82) is 0 Å². The van der Waals surface area contributed by atoms with E-state index in [0.717, 1.165) is 11.4 Å². The summed E-state index contributed by atoms with van der Waals surface area (Å²) >= 11 is 5.52. The van der Waals surface area contributed by atoms with Crippen molar-refractivity contribution in [1.82, 2.24) is 9.13 Å². The third-order valence-corrected chi connectivity index (χ3v) is 3.97. The van der Waals surface area contributed by atoms with Crippen molar-refractivity contribution >= 4 is 24.1 Å². The van der Waals surface area contributed by atoms with Crippen LogP contribution in [-0.2, 0) is 6.54 Å². The summed E-state index contributed by atoms with van der Waals surface area (Å²) in [5.74, 6) is 0.126. The second kappa shape index (κ2) is 6.62. The summed E-state index contributed by atoms with van der Waals surface area (Å²) in [5.41, 5.74) is 2.29. The highest BCUT2D eigenvalue weighted by atomic mass is 32.1. The standard InChI is InChI=1S/C18H17N3OS/c1-2-20-17(22)16(13-19-14-9-5-3-6-10-14)21(18(20)23)15-11-7-4-8-12-15/h3-13,22H,2H2,1H3. The summed E-state index contributed by atoms with van der Waals surface area (Å²) in [6, 6.07) is 19.3. The highest BCUT2D eigenvalue weighted by molar-refractivity contribution is 7.71. The fourth-order valence-corrected chi connectivity index (χ4v) is 2.85. The number of aliphatic imine (C=N–C) groups is 1. The summed E-state index contributed by atoms with van der Waals surface area (Å²) in [5, 5.41) is 10.5. The molecule has 0 spiro atoms. The van der Waals surface area contributed by atoms with Gasteiger partial charge in [-0.2, -0.15) is 0 Å². The van der Waals surface area contributed by atoms with E-state index >= 15 is 0 Å². The maximum Gasteiger partial charge on any atom is 0.219 e. The molecule has 0 aliphatic heterocycles. The van der Waals surface area contributed by atoms with E-state index in [9.17, 15) is 5.11 Å². The monoisotopic (exact) mass is 323 g/mol. The predicted octanol–water partition coefficient (Wildman–Crippen LogP) is 4.48. The van der Waals surface area contributed by atoms with Crippen molar-refractivity contribution in [3.8, 4) is 11.6 Å². The highest BCUT2D eigenvalue weighted by Gasteiger charge is 2.15. The highest BCUT2D eigenvalue weighted by Crippen LogP contribution is 2.24. The van der Waals surface area contributed by atoms with Crippen LogP contribution in [0.2, 0.25) is 0 Å². The Morgan fingerprint density at radius 3 is 2.26 bits per heavy atom. The van der Waals surface area contributed by atoms with Gasteiger partial charge in [-0.15, -0.1) is 0 Å². The lowest BCUT2D eigenvalue weighted by Crippen LogP contribution is -2.00. The van der Waals surface area contributed by atoms with Gasteiger partial charge in [0.2, 0.25) is 5.88 Å². The average molecular weight is 323 g/mol. The fourth-order valence-electron chi connectivity index (χ4n) is 2.43. The van der Waals surface area contributed by atoms with E-state index in [4.69, 9.17) is 12.2 Å². The molecule has 0 fully saturated rings. The molecule has 1 heterocycles. The van der Waals surface area contributed by atoms with Gasteiger partial charge in [0, 0.05) is 12.2 Å². The van der Waals surface area contributed by atoms with E-state index in [1.165, 1.54) is 0 Å². The molecule has 23 heavy (non-hydrogen) atoms. The van der Waals surface area contributed by atoms with Gasteiger partial charge in [0.15, 0.2) is 4.77 Å². The van der Waals surface area contributed by atoms with Gasteiger partial charge in [-0.05, 0) is 43.4 Å². The molecular formula is C18H17N3OS. The Morgan fingerprint density at radius 1 is 1.04 bits per heavy atom. The first-order chi connectivity index (χ1) is 11.2. The smallest absolute Gasteiger partial charge is 0.219 e. The molecule has 0 radical (unpaired) electrons. The molecule has 0 aliphatic rings. The van der Waals surface area contributed by atoms with E-state index in [1.54, 1.807) is 10.8 Å². The minimum absolute atomic E-state index is 0.126. The lowest BCUT2D eigenvalue weighted by molar-refractivity contribution is 0.419. The Labute approximate surface area is 140 Å². The Kier molecular flexibility index (Phi) is 4.39. The van der Waals surface area contributed by atoms with E-state index in [-0.39, 0.29) is 5.88 Å². The van der Waals surface area contributed by atoms with Crippen LogP contribution in [0.15, 0.2) is 65.7 Å². The molecule has 2 aromatic carbocycles. The zero-order valence-corrected chi connectivity index (χ0v) is 13.6. The molecule has 5 heteroatoms. The van der Waals surface area contributed by atoms with Crippen LogP contribution in [0, 0.1) is 4.77 Å². The number of imidazole rings is 1. The number of nitrogens with zero attached hydrogens (tertiary/aromatic N) is 3. The Bertz CT molecular complexity index is 880. The quantitative estimate of drug-likeness (QED) is 0.568. The molecule has 3 rings (SSSR count). The normalized spacial score (nSPS) is 11.2. The number of para-hydroxylation sites is 2. The summed E-state index contributed by atoms with van der Waals surface area (Å²) < 4.78 is 4.07. The van der Waals surface area contributed by atoms with E-state index in [1.807, 2.05) is 72.2 Å². The third-order valence-electron chi connectivity index (χ3n) is 3.57. The lowest BCUT2D eigenvalue weighted by Gasteiger charge is -2.04. The number of benzene rings is 2. The zero-order valence-electron chi connectivity index (χ0n) is 12.8. The van der Waals surface area contributed by atoms with Crippen LogP contribution >= 0.6 is 12.2 Å². The number of hydrogen-bond acceptors (Lipinski definition) is 3. The second-order valence-electron chi connectivity index (χ2n) is 5.00. The number of rotatable bonds is 4. The molecule has 0 amide bonds. The van der Waals surface area contributed by atoms with E-state index in [2.05, 4.69) is 4.99 Å². The fraction of sp³-hybridized carbons (Fsp3) is 0.111. The molecule has 1 aromatic heterocycles. The van der Waals surface area contributed by atoms with Gasteiger partial charge in [0.25, 0.3) is 0 Å². The van der Waals surface area contributed by atoms with Crippen LogP contribution in [0.4, 0.5) is 5.69 Å². The molecule has 3 aromatic rings. The van der Waals surface area contributed by atoms with Crippen molar-refractivity contribution in [2.24, 2.45) is 4.99 Å². The van der Waals surface area contributed by atoms with Gasteiger partial charge in [0.1, 0.15) is 5.69 Å². The zero-order chi connectivity index (χ0) is 16.2. The van der Waals surface area contributed by atoms with Crippen LogP contribution in [0.25, 0.3) is 5.69 Å². The van der Waals surface area contributed by atoms with Crippen molar-refractivity contribution < 1.29 is 5.11 Å². The maximum atomic E-state index is 10.5. The van der Waals surface area contributed by atoms with Gasteiger partial charge in [-0.3, -0.25) is 14.1 Å². The van der Waals surface area contributed by atoms with Crippen LogP contribution in [0.5, 0.6) is 5.88 Å². The topological polar surface area (TPSA) is 42.4 Å². The van der Waals surface area contributed by atoms with Crippen LogP contribution < -0.4 is 0 Å². The van der Waals surface area contributed by atoms with Crippen molar-refractivity contribution in [3.05, 3.63) is 71.1 Å². The molecule has 116 valence electrons. The SMILES string of the molecule is CCn1c(O)c(C=Nc2ccccc2)n(-c2ccccc2)c1=S. The molecule has 0 saturated heterocycles. The first kappa shape index (κ1) is 15.2. The first-order valence-corrected chi connectivity index (χ1v) is 7.82. The van der Waals surface area contributed by atoms with Gasteiger partial charge in [-0.25, -0.2) is 0 Å². The lowest BCUT2D eigenvalue weighted by atomic mass is 10.3. The molecule has 0 unspecified atom stereocenters. The van der Waals surface area contributed by atoms with Crippen LogP contribution in [0.3, 0.4) is 0 Å². The molecule has 4 nitrogen and oxygen atoms in total.